The summed E-state index contributed by atoms with van der Waals surface area (Å²) < 4.78 is 54.5. The molecule has 0 radical (unpaired) electrons. The van der Waals surface area contributed by atoms with E-state index >= 15 is 0 Å². The first kappa shape index (κ1) is 20.4. The summed E-state index contributed by atoms with van der Waals surface area (Å²) in [5, 5.41) is 2.85. The lowest BCUT2D eigenvalue weighted by atomic mass is 10.2. The summed E-state index contributed by atoms with van der Waals surface area (Å²) in [6.45, 7) is 0.277. The van der Waals surface area contributed by atoms with Crippen molar-refractivity contribution in [2.45, 2.75) is 18.1 Å². The Hall–Kier alpha value is -2.36. The minimum Gasteiger partial charge on any atom is -0.378 e. The van der Waals surface area contributed by atoms with Crippen molar-refractivity contribution in [3.63, 3.8) is 0 Å². The molecule has 0 unspecified atom stereocenters. The Morgan fingerprint density at radius 1 is 0.857 bits per heavy atom. The molecule has 0 saturated carbocycles. The van der Waals surface area contributed by atoms with Gasteiger partial charge in [-0.15, -0.1) is 0 Å². The van der Waals surface area contributed by atoms with E-state index < -0.39 is 15.8 Å². The number of pyridine rings is 1. The molecule has 28 heavy (non-hydrogen) atoms. The number of rotatable bonds is 7. The number of sulfonamides is 1. The summed E-state index contributed by atoms with van der Waals surface area (Å²) in [7, 11) is -3.94. The molecular weight excluding hydrogens is 452 g/mol. The summed E-state index contributed by atoms with van der Waals surface area (Å²) >= 11 is 3.33. The molecule has 1 heterocycles. The second-order valence-electron chi connectivity index (χ2n) is 5.90. The van der Waals surface area contributed by atoms with Crippen LogP contribution in [0.25, 0.3) is 0 Å². The molecule has 2 N–H and O–H groups in total. The molecular formula is C19H16BrF2N3O2S. The molecule has 3 aromatic rings. The molecule has 0 fully saturated rings. The van der Waals surface area contributed by atoms with E-state index in [1.165, 1.54) is 42.6 Å². The molecule has 0 spiro atoms. The molecule has 0 saturated heterocycles. The maximum absolute atomic E-state index is 13.0. The topological polar surface area (TPSA) is 71.1 Å². The Labute approximate surface area is 170 Å². The highest BCUT2D eigenvalue weighted by Crippen LogP contribution is 2.28. The predicted molar refractivity (Wildman–Crippen MR) is 106 cm³/mol. The number of aromatic nitrogens is 1. The van der Waals surface area contributed by atoms with Crippen LogP contribution in [0.4, 0.5) is 14.5 Å². The monoisotopic (exact) mass is 467 g/mol. The highest BCUT2D eigenvalue weighted by molar-refractivity contribution is 9.10. The molecule has 5 nitrogen and oxygen atoms in total. The summed E-state index contributed by atoms with van der Waals surface area (Å²) in [6, 6.07) is 13.0. The molecule has 146 valence electrons. The summed E-state index contributed by atoms with van der Waals surface area (Å²) in [4.78, 5) is 4.00. The molecule has 3 rings (SSSR count). The predicted octanol–water partition coefficient (Wildman–Crippen LogP) is 4.21. The molecule has 0 atom stereocenters. The fourth-order valence-electron chi connectivity index (χ4n) is 2.43. The van der Waals surface area contributed by atoms with Crippen LogP contribution in [0, 0.1) is 11.6 Å². The van der Waals surface area contributed by atoms with E-state index in [-0.39, 0.29) is 23.9 Å². The fourth-order valence-corrected chi connectivity index (χ4v) is 4.15. The lowest BCUT2D eigenvalue weighted by Crippen LogP contribution is -2.25. The third-order valence-corrected chi connectivity index (χ3v) is 5.89. The number of halogens is 3. The van der Waals surface area contributed by atoms with Gasteiger partial charge in [0, 0.05) is 23.8 Å². The maximum Gasteiger partial charge on any atom is 0.260 e. The van der Waals surface area contributed by atoms with Crippen LogP contribution in [-0.4, -0.2) is 13.4 Å². The smallest absolute Gasteiger partial charge is 0.260 e. The van der Waals surface area contributed by atoms with Gasteiger partial charge in [-0.1, -0.05) is 24.3 Å². The number of anilines is 1. The number of nitrogens with one attached hydrogen (secondary N) is 2. The maximum atomic E-state index is 13.0. The minimum atomic E-state index is -3.94. The van der Waals surface area contributed by atoms with Gasteiger partial charge in [0.05, 0.1) is 5.69 Å². The van der Waals surface area contributed by atoms with Crippen molar-refractivity contribution in [3.05, 3.63) is 88.0 Å². The molecule has 0 aliphatic heterocycles. The quantitative estimate of drug-likeness (QED) is 0.545. The van der Waals surface area contributed by atoms with Crippen molar-refractivity contribution in [3.8, 4) is 0 Å². The minimum absolute atomic E-state index is 0.00575. The Morgan fingerprint density at radius 2 is 1.39 bits per heavy atom. The van der Waals surface area contributed by atoms with E-state index in [1.807, 2.05) is 0 Å². The third-order valence-electron chi connectivity index (χ3n) is 3.88. The normalized spacial score (nSPS) is 11.4. The number of hydrogen-bond donors (Lipinski definition) is 2. The SMILES string of the molecule is O=S(=O)(NCc1ccc(F)cc1)c1nccc(Br)c1NCc1ccc(F)cc1. The molecule has 0 bridgehead atoms. The summed E-state index contributed by atoms with van der Waals surface area (Å²) in [5.74, 6) is -0.743. The zero-order valence-corrected chi connectivity index (χ0v) is 16.9. The van der Waals surface area contributed by atoms with Gasteiger partial charge >= 0.3 is 0 Å². The van der Waals surface area contributed by atoms with Gasteiger partial charge in [0.2, 0.25) is 0 Å². The highest BCUT2D eigenvalue weighted by atomic mass is 79.9. The third kappa shape index (κ3) is 5.12. The standard InChI is InChI=1S/C19H16BrF2N3O2S/c20-17-9-10-23-19(18(17)24-11-13-1-5-15(21)6-2-13)28(26,27)25-12-14-3-7-16(22)8-4-14/h1-10,24-25H,11-12H2. The zero-order valence-electron chi connectivity index (χ0n) is 14.5. The Kier molecular flexibility index (Phi) is 6.38. The average molecular weight is 468 g/mol. The number of nitrogens with zero attached hydrogens (tertiary/aromatic N) is 1. The van der Waals surface area contributed by atoms with E-state index in [9.17, 15) is 17.2 Å². The second-order valence-corrected chi connectivity index (χ2v) is 8.44. The van der Waals surface area contributed by atoms with Crippen molar-refractivity contribution in [2.75, 3.05) is 5.32 Å². The first-order valence-corrected chi connectivity index (χ1v) is 10.5. The van der Waals surface area contributed by atoms with E-state index in [0.29, 0.717) is 15.7 Å². The first-order chi connectivity index (χ1) is 13.3. The molecule has 0 amide bonds. The van der Waals surface area contributed by atoms with E-state index in [1.54, 1.807) is 18.2 Å². The van der Waals surface area contributed by atoms with Crippen LogP contribution in [0.5, 0.6) is 0 Å². The zero-order chi connectivity index (χ0) is 20.1. The van der Waals surface area contributed by atoms with Crippen molar-refractivity contribution in [1.82, 2.24) is 9.71 Å². The van der Waals surface area contributed by atoms with Gasteiger partial charge in [-0.2, -0.15) is 0 Å². The van der Waals surface area contributed by atoms with Crippen LogP contribution in [-0.2, 0) is 23.1 Å². The first-order valence-electron chi connectivity index (χ1n) is 8.22. The van der Waals surface area contributed by atoms with E-state index in [4.69, 9.17) is 0 Å². The van der Waals surface area contributed by atoms with Crippen molar-refractivity contribution < 1.29 is 17.2 Å². The van der Waals surface area contributed by atoms with Gasteiger partial charge in [-0.3, -0.25) is 0 Å². The fraction of sp³-hybridized carbons (Fsp3) is 0.105. The van der Waals surface area contributed by atoms with Gasteiger partial charge in [0.15, 0.2) is 5.03 Å². The average Bonchev–Trinajstić information content (AvgIpc) is 2.68. The van der Waals surface area contributed by atoms with Gasteiger partial charge < -0.3 is 5.32 Å². The highest BCUT2D eigenvalue weighted by Gasteiger charge is 2.22. The molecule has 1 aromatic heterocycles. The van der Waals surface area contributed by atoms with Crippen LogP contribution in [0.3, 0.4) is 0 Å². The van der Waals surface area contributed by atoms with Crippen LogP contribution in [0.15, 0.2) is 70.3 Å². The summed E-state index contributed by atoms with van der Waals surface area (Å²) in [6.07, 6.45) is 1.37. The molecule has 0 aliphatic carbocycles. The molecule has 9 heteroatoms. The Morgan fingerprint density at radius 3 is 1.96 bits per heavy atom. The number of hydrogen-bond acceptors (Lipinski definition) is 4. The van der Waals surface area contributed by atoms with Crippen molar-refractivity contribution in [2.24, 2.45) is 0 Å². The lowest BCUT2D eigenvalue weighted by molar-refractivity contribution is 0.577. The lowest BCUT2D eigenvalue weighted by Gasteiger charge is -2.14. The Balaban J connectivity index is 1.79. The van der Waals surface area contributed by atoms with E-state index in [0.717, 1.165) is 5.56 Å². The van der Waals surface area contributed by atoms with Gasteiger partial charge in [0.1, 0.15) is 11.6 Å². The molecule has 2 aromatic carbocycles. The largest absolute Gasteiger partial charge is 0.378 e. The van der Waals surface area contributed by atoms with Gasteiger partial charge in [0.25, 0.3) is 10.0 Å². The van der Waals surface area contributed by atoms with Crippen molar-refractivity contribution >= 4 is 31.6 Å². The number of benzene rings is 2. The van der Waals surface area contributed by atoms with E-state index in [2.05, 4.69) is 31.0 Å². The van der Waals surface area contributed by atoms with Gasteiger partial charge in [-0.25, -0.2) is 26.9 Å². The van der Waals surface area contributed by atoms with Crippen LogP contribution in [0.1, 0.15) is 11.1 Å². The van der Waals surface area contributed by atoms with Crippen LogP contribution >= 0.6 is 15.9 Å². The second kappa shape index (κ2) is 8.76. The van der Waals surface area contributed by atoms with Crippen LogP contribution in [0.2, 0.25) is 0 Å². The van der Waals surface area contributed by atoms with Crippen LogP contribution < -0.4 is 10.0 Å². The molecule has 0 aliphatic rings. The summed E-state index contributed by atoms with van der Waals surface area (Å²) in [5.41, 5.74) is 1.68. The Bertz CT molecular complexity index is 1060. The van der Waals surface area contributed by atoms with Gasteiger partial charge in [-0.05, 0) is 57.4 Å². The van der Waals surface area contributed by atoms with Crippen molar-refractivity contribution in [1.29, 1.82) is 0 Å².